The van der Waals surface area contributed by atoms with E-state index in [2.05, 4.69) is 30.4 Å². The summed E-state index contributed by atoms with van der Waals surface area (Å²) in [7, 11) is 1.96. The van der Waals surface area contributed by atoms with Crippen molar-refractivity contribution in [3.63, 3.8) is 0 Å². The van der Waals surface area contributed by atoms with Gasteiger partial charge in [0.1, 0.15) is 5.75 Å². The van der Waals surface area contributed by atoms with Gasteiger partial charge in [-0.25, -0.2) is 0 Å². The molecule has 0 aliphatic carbocycles. The summed E-state index contributed by atoms with van der Waals surface area (Å²) in [6, 6.07) is 12.4. The monoisotopic (exact) mass is 295 g/mol. The molecule has 1 unspecified atom stereocenters. The lowest BCUT2D eigenvalue weighted by molar-refractivity contribution is 0.291. The molecule has 1 N–H and O–H groups in total. The first-order valence-electron chi connectivity index (χ1n) is 6.31. The van der Waals surface area contributed by atoms with Crippen molar-refractivity contribution in [3.05, 3.63) is 51.2 Å². The lowest BCUT2D eigenvalue weighted by Crippen LogP contribution is -2.18. The highest BCUT2D eigenvalue weighted by atomic mass is 35.5. The van der Waals surface area contributed by atoms with E-state index in [9.17, 15) is 0 Å². The Balaban J connectivity index is 1.87. The zero-order chi connectivity index (χ0) is 13.7. The van der Waals surface area contributed by atoms with Crippen molar-refractivity contribution in [2.45, 2.75) is 19.4 Å². The highest BCUT2D eigenvalue weighted by Crippen LogP contribution is 2.28. The summed E-state index contributed by atoms with van der Waals surface area (Å²) in [6.45, 7) is 2.75. The van der Waals surface area contributed by atoms with Crippen LogP contribution in [0.5, 0.6) is 5.75 Å². The molecule has 1 heterocycles. The maximum absolute atomic E-state index is 5.97. The molecule has 2 aromatic rings. The van der Waals surface area contributed by atoms with Crippen LogP contribution in [0.2, 0.25) is 4.34 Å². The van der Waals surface area contributed by atoms with Crippen LogP contribution < -0.4 is 10.1 Å². The Kier molecular flexibility index (Phi) is 5.25. The van der Waals surface area contributed by atoms with Crippen molar-refractivity contribution >= 4 is 22.9 Å². The minimum atomic E-state index is 0.294. The molecule has 0 saturated carbocycles. The van der Waals surface area contributed by atoms with E-state index in [-0.39, 0.29) is 0 Å². The molecule has 102 valence electrons. The maximum Gasteiger partial charge on any atom is 0.119 e. The Morgan fingerprint density at radius 3 is 2.79 bits per heavy atom. The van der Waals surface area contributed by atoms with Gasteiger partial charge in [-0.05, 0) is 43.8 Å². The average molecular weight is 296 g/mol. The van der Waals surface area contributed by atoms with Gasteiger partial charge in [0, 0.05) is 17.3 Å². The number of thiophene rings is 1. The topological polar surface area (TPSA) is 21.3 Å². The molecule has 0 aliphatic heterocycles. The Morgan fingerprint density at radius 2 is 2.16 bits per heavy atom. The first kappa shape index (κ1) is 14.4. The summed E-state index contributed by atoms with van der Waals surface area (Å²) in [5, 5.41) is 3.30. The minimum Gasteiger partial charge on any atom is -0.494 e. The fourth-order valence-electron chi connectivity index (χ4n) is 1.94. The van der Waals surface area contributed by atoms with Gasteiger partial charge in [-0.3, -0.25) is 0 Å². The van der Waals surface area contributed by atoms with Crippen LogP contribution in [0.4, 0.5) is 0 Å². The third-order valence-corrected chi connectivity index (χ3v) is 4.30. The van der Waals surface area contributed by atoms with Gasteiger partial charge in [-0.2, -0.15) is 0 Å². The number of hydrogen-bond acceptors (Lipinski definition) is 3. The summed E-state index contributed by atoms with van der Waals surface area (Å²) in [4.78, 5) is 1.25. The standard InChI is InChI=1S/C15H18ClNOS/c1-11-4-3-5-12(10-11)18-9-8-13(17-2)14-6-7-15(16)19-14/h3-7,10,13,17H,8-9H2,1-2H3. The molecule has 1 aromatic carbocycles. The number of aryl methyl sites for hydroxylation is 1. The molecule has 0 amide bonds. The van der Waals surface area contributed by atoms with Crippen molar-refractivity contribution < 1.29 is 4.74 Å². The van der Waals surface area contributed by atoms with Gasteiger partial charge in [0.15, 0.2) is 0 Å². The van der Waals surface area contributed by atoms with Crippen molar-refractivity contribution in [2.75, 3.05) is 13.7 Å². The van der Waals surface area contributed by atoms with Crippen LogP contribution in [0.15, 0.2) is 36.4 Å². The van der Waals surface area contributed by atoms with Crippen molar-refractivity contribution in [2.24, 2.45) is 0 Å². The molecule has 19 heavy (non-hydrogen) atoms. The molecule has 4 heteroatoms. The molecule has 2 nitrogen and oxygen atoms in total. The molecule has 0 bridgehead atoms. The largest absolute Gasteiger partial charge is 0.494 e. The maximum atomic E-state index is 5.97. The first-order valence-corrected chi connectivity index (χ1v) is 7.50. The molecule has 1 atom stereocenters. The quantitative estimate of drug-likeness (QED) is 0.851. The fraction of sp³-hybridized carbons (Fsp3) is 0.333. The Labute approximate surface area is 123 Å². The second-order valence-electron chi connectivity index (χ2n) is 4.44. The zero-order valence-electron chi connectivity index (χ0n) is 11.2. The van der Waals surface area contributed by atoms with Crippen molar-refractivity contribution in [1.29, 1.82) is 0 Å². The summed E-state index contributed by atoms with van der Waals surface area (Å²) in [5.74, 6) is 0.930. The van der Waals surface area contributed by atoms with Crippen LogP contribution in [-0.2, 0) is 0 Å². The Bertz CT molecular complexity index is 526. The highest BCUT2D eigenvalue weighted by Gasteiger charge is 2.11. The van der Waals surface area contributed by atoms with Gasteiger partial charge in [-0.1, -0.05) is 23.7 Å². The Morgan fingerprint density at radius 1 is 1.32 bits per heavy atom. The van der Waals surface area contributed by atoms with Crippen molar-refractivity contribution in [3.8, 4) is 5.75 Å². The number of ether oxygens (including phenoxy) is 1. The number of rotatable bonds is 6. The number of hydrogen-bond donors (Lipinski definition) is 1. The Hall–Kier alpha value is -1.03. The van der Waals surface area contributed by atoms with E-state index in [4.69, 9.17) is 16.3 Å². The molecule has 0 aliphatic rings. The van der Waals surface area contributed by atoms with Crippen LogP contribution in [0.1, 0.15) is 22.9 Å². The third-order valence-electron chi connectivity index (χ3n) is 2.95. The van der Waals surface area contributed by atoms with E-state index in [1.165, 1.54) is 10.4 Å². The van der Waals surface area contributed by atoms with E-state index in [0.717, 1.165) is 16.5 Å². The molecular formula is C15H18ClNOS. The third kappa shape index (κ3) is 4.23. The second kappa shape index (κ2) is 6.94. The molecular weight excluding hydrogens is 278 g/mol. The number of benzene rings is 1. The molecule has 0 spiro atoms. The SMILES string of the molecule is CNC(CCOc1cccc(C)c1)c1ccc(Cl)s1. The highest BCUT2D eigenvalue weighted by molar-refractivity contribution is 7.16. The van der Waals surface area contributed by atoms with E-state index >= 15 is 0 Å². The zero-order valence-corrected chi connectivity index (χ0v) is 12.7. The van der Waals surface area contributed by atoms with Crippen LogP contribution in [0.3, 0.4) is 0 Å². The van der Waals surface area contributed by atoms with Gasteiger partial charge in [0.2, 0.25) is 0 Å². The fourth-order valence-corrected chi connectivity index (χ4v) is 3.15. The van der Waals surface area contributed by atoms with Gasteiger partial charge < -0.3 is 10.1 Å². The van der Waals surface area contributed by atoms with E-state index < -0.39 is 0 Å². The molecule has 1 aromatic heterocycles. The van der Waals surface area contributed by atoms with Crippen molar-refractivity contribution in [1.82, 2.24) is 5.32 Å². The predicted octanol–water partition coefficient (Wildman–Crippen LogP) is 4.44. The normalized spacial score (nSPS) is 12.4. The first-order chi connectivity index (χ1) is 9.19. The van der Waals surface area contributed by atoms with Crippen LogP contribution in [0.25, 0.3) is 0 Å². The van der Waals surface area contributed by atoms with Gasteiger partial charge >= 0.3 is 0 Å². The van der Waals surface area contributed by atoms with Crippen LogP contribution in [0, 0.1) is 6.92 Å². The summed E-state index contributed by atoms with van der Waals surface area (Å²) >= 11 is 7.58. The van der Waals surface area contributed by atoms with Gasteiger partial charge in [0.25, 0.3) is 0 Å². The van der Waals surface area contributed by atoms with E-state index in [0.29, 0.717) is 12.6 Å². The van der Waals surface area contributed by atoms with Gasteiger partial charge in [-0.15, -0.1) is 11.3 Å². The van der Waals surface area contributed by atoms with Crippen LogP contribution >= 0.6 is 22.9 Å². The number of halogens is 1. The van der Waals surface area contributed by atoms with E-state index in [1.54, 1.807) is 11.3 Å². The van der Waals surface area contributed by atoms with Crippen LogP contribution in [-0.4, -0.2) is 13.7 Å². The minimum absolute atomic E-state index is 0.294. The lowest BCUT2D eigenvalue weighted by atomic mass is 10.2. The summed E-state index contributed by atoms with van der Waals surface area (Å²) in [6.07, 6.45) is 0.918. The second-order valence-corrected chi connectivity index (χ2v) is 6.18. The summed E-state index contributed by atoms with van der Waals surface area (Å²) in [5.41, 5.74) is 1.22. The van der Waals surface area contributed by atoms with E-state index in [1.807, 2.05) is 25.2 Å². The smallest absolute Gasteiger partial charge is 0.119 e. The number of nitrogens with one attached hydrogen (secondary N) is 1. The molecule has 0 saturated heterocycles. The average Bonchev–Trinajstić information content (AvgIpc) is 2.81. The molecule has 2 rings (SSSR count). The van der Waals surface area contributed by atoms with Gasteiger partial charge in [0.05, 0.1) is 10.9 Å². The summed E-state index contributed by atoms with van der Waals surface area (Å²) < 4.78 is 6.61. The molecule has 0 radical (unpaired) electrons. The molecule has 0 fully saturated rings. The lowest BCUT2D eigenvalue weighted by Gasteiger charge is -2.15. The predicted molar refractivity (Wildman–Crippen MR) is 82.4 cm³/mol.